The molecule has 0 bridgehead atoms. The maximum absolute atomic E-state index is 12.4. The minimum Gasteiger partial charge on any atom is -0.511 e. The van der Waals surface area contributed by atoms with Crippen molar-refractivity contribution < 1.29 is 20.2 Å². The van der Waals surface area contributed by atoms with Crippen molar-refractivity contribution in [3.05, 3.63) is 47.2 Å². The number of carbonyl (C=O) groups excluding carboxylic acids is 1. The van der Waals surface area contributed by atoms with Gasteiger partial charge in [0.05, 0.1) is 11.3 Å². The third kappa shape index (κ3) is 3.95. The number of hydrogen-bond donors (Lipinski definition) is 1. The highest BCUT2D eigenvalue weighted by Crippen LogP contribution is 2.34. The van der Waals surface area contributed by atoms with E-state index >= 15 is 0 Å². The Bertz CT molecular complexity index is 563. The Morgan fingerprint density at radius 2 is 1.95 bits per heavy atom. The Kier molecular flexibility index (Phi) is 6.79. The van der Waals surface area contributed by atoms with Gasteiger partial charge in [-0.2, -0.15) is 0 Å². The number of oxime groups is 1. The van der Waals surface area contributed by atoms with Gasteiger partial charge in [0, 0.05) is 12.8 Å². The summed E-state index contributed by atoms with van der Waals surface area (Å²) in [5.41, 5.74) is 1.96. The second-order valence-electron chi connectivity index (χ2n) is 5.07. The second kappa shape index (κ2) is 8.34. The predicted molar refractivity (Wildman–Crippen MR) is 86.0 cm³/mol. The number of nitrogens with zero attached hydrogens (tertiary/aromatic N) is 1. The van der Waals surface area contributed by atoms with Crippen LogP contribution in [0.25, 0.3) is 0 Å². The molecule has 2 rings (SSSR count). The predicted octanol–water partition coefficient (Wildman–Crippen LogP) is 2.92. The van der Waals surface area contributed by atoms with E-state index in [0.717, 1.165) is 5.56 Å². The Labute approximate surface area is 130 Å². The SMILES string of the molecule is CCON=C(CC)C1=C(O)CC(c2ccccc2)CC1=O.O. The highest BCUT2D eigenvalue weighted by molar-refractivity contribution is 6.23. The van der Waals surface area contributed by atoms with Gasteiger partial charge in [-0.05, 0) is 24.8 Å². The van der Waals surface area contributed by atoms with Crippen molar-refractivity contribution in [2.45, 2.75) is 39.0 Å². The lowest BCUT2D eigenvalue weighted by Crippen LogP contribution is -2.23. The average molecular weight is 305 g/mol. The molecule has 0 saturated heterocycles. The third-order valence-electron chi connectivity index (χ3n) is 3.64. The fourth-order valence-corrected chi connectivity index (χ4v) is 2.61. The highest BCUT2D eigenvalue weighted by atomic mass is 16.6. The van der Waals surface area contributed by atoms with Crippen LogP contribution >= 0.6 is 0 Å². The van der Waals surface area contributed by atoms with Crippen molar-refractivity contribution in [1.82, 2.24) is 0 Å². The monoisotopic (exact) mass is 305 g/mol. The molecule has 0 aliphatic heterocycles. The van der Waals surface area contributed by atoms with Crippen LogP contribution < -0.4 is 0 Å². The summed E-state index contributed by atoms with van der Waals surface area (Å²) >= 11 is 0. The lowest BCUT2D eigenvalue weighted by atomic mass is 9.81. The number of benzene rings is 1. The molecule has 0 radical (unpaired) electrons. The zero-order valence-electron chi connectivity index (χ0n) is 13.0. The molecular formula is C17H23NO4. The van der Waals surface area contributed by atoms with Gasteiger partial charge in [-0.15, -0.1) is 0 Å². The number of rotatable bonds is 5. The largest absolute Gasteiger partial charge is 0.511 e. The molecule has 3 N–H and O–H groups in total. The number of carbonyl (C=O) groups is 1. The first-order chi connectivity index (χ1) is 10.2. The van der Waals surface area contributed by atoms with Gasteiger partial charge in [0.25, 0.3) is 0 Å². The van der Waals surface area contributed by atoms with E-state index in [4.69, 9.17) is 4.84 Å². The summed E-state index contributed by atoms with van der Waals surface area (Å²) in [6, 6.07) is 9.82. The number of ketones is 1. The molecule has 0 saturated carbocycles. The molecule has 0 fully saturated rings. The Morgan fingerprint density at radius 3 is 2.50 bits per heavy atom. The molecule has 5 nitrogen and oxygen atoms in total. The van der Waals surface area contributed by atoms with Crippen molar-refractivity contribution in [2.24, 2.45) is 5.16 Å². The summed E-state index contributed by atoms with van der Waals surface area (Å²) in [6.45, 7) is 4.17. The summed E-state index contributed by atoms with van der Waals surface area (Å²) in [4.78, 5) is 17.4. The molecule has 0 spiro atoms. The first kappa shape index (κ1) is 17.9. The van der Waals surface area contributed by atoms with Gasteiger partial charge in [0.15, 0.2) is 5.78 Å². The van der Waals surface area contributed by atoms with Crippen LogP contribution in [-0.2, 0) is 9.63 Å². The van der Waals surface area contributed by atoms with Crippen molar-refractivity contribution in [3.63, 3.8) is 0 Å². The van der Waals surface area contributed by atoms with E-state index in [1.54, 1.807) is 0 Å². The van der Waals surface area contributed by atoms with E-state index in [1.165, 1.54) is 0 Å². The molecular weight excluding hydrogens is 282 g/mol. The fourth-order valence-electron chi connectivity index (χ4n) is 2.61. The molecule has 1 aliphatic rings. The van der Waals surface area contributed by atoms with Crippen LogP contribution in [0.4, 0.5) is 0 Å². The second-order valence-corrected chi connectivity index (χ2v) is 5.07. The molecule has 120 valence electrons. The minimum absolute atomic E-state index is 0. The summed E-state index contributed by atoms with van der Waals surface area (Å²) < 4.78 is 0. The van der Waals surface area contributed by atoms with Crippen molar-refractivity contribution in [2.75, 3.05) is 6.61 Å². The molecule has 1 aliphatic carbocycles. The fraction of sp³-hybridized carbons (Fsp3) is 0.412. The molecule has 0 aromatic heterocycles. The van der Waals surface area contributed by atoms with Crippen LogP contribution in [0.3, 0.4) is 0 Å². The van der Waals surface area contributed by atoms with Crippen molar-refractivity contribution >= 4 is 11.5 Å². The average Bonchev–Trinajstić information content (AvgIpc) is 2.50. The van der Waals surface area contributed by atoms with E-state index in [1.807, 2.05) is 44.2 Å². The molecule has 1 unspecified atom stereocenters. The van der Waals surface area contributed by atoms with Crippen LogP contribution in [0.1, 0.15) is 44.6 Å². The quantitative estimate of drug-likeness (QED) is 0.669. The lowest BCUT2D eigenvalue weighted by Gasteiger charge is -2.24. The van der Waals surface area contributed by atoms with Crippen LogP contribution in [0, 0.1) is 0 Å². The summed E-state index contributed by atoms with van der Waals surface area (Å²) in [5.74, 6) is 0.0981. The number of hydrogen-bond acceptors (Lipinski definition) is 4. The molecule has 1 aromatic rings. The molecule has 0 heterocycles. The van der Waals surface area contributed by atoms with Crippen LogP contribution in [-0.4, -0.2) is 28.7 Å². The molecule has 0 amide bonds. The van der Waals surface area contributed by atoms with Gasteiger partial charge < -0.3 is 15.4 Å². The minimum atomic E-state index is -0.0621. The molecule has 22 heavy (non-hydrogen) atoms. The summed E-state index contributed by atoms with van der Waals surface area (Å²) in [6.07, 6.45) is 1.42. The molecule has 1 aromatic carbocycles. The van der Waals surface area contributed by atoms with Gasteiger partial charge in [-0.3, -0.25) is 4.79 Å². The van der Waals surface area contributed by atoms with Gasteiger partial charge in [0.1, 0.15) is 12.4 Å². The van der Waals surface area contributed by atoms with E-state index in [2.05, 4.69) is 5.16 Å². The lowest BCUT2D eigenvalue weighted by molar-refractivity contribution is -0.116. The van der Waals surface area contributed by atoms with E-state index in [9.17, 15) is 9.90 Å². The first-order valence-corrected chi connectivity index (χ1v) is 7.36. The first-order valence-electron chi connectivity index (χ1n) is 7.36. The van der Waals surface area contributed by atoms with Crippen LogP contribution in [0.5, 0.6) is 0 Å². The standard InChI is InChI=1S/C17H21NO3.H2O/c1-3-14(18-21-4-2)17-15(19)10-13(11-16(17)20)12-8-6-5-7-9-12;/h5-9,13,19H,3-4,10-11H2,1-2H3;1H2. The Hall–Kier alpha value is -2.14. The van der Waals surface area contributed by atoms with E-state index < -0.39 is 0 Å². The van der Waals surface area contributed by atoms with Gasteiger partial charge in [-0.1, -0.05) is 42.4 Å². The molecule has 5 heteroatoms. The van der Waals surface area contributed by atoms with Crippen molar-refractivity contribution in [3.8, 4) is 0 Å². The zero-order chi connectivity index (χ0) is 15.2. The number of Topliss-reactive ketones (excluding diaryl/α,β-unsaturated/α-hetero) is 1. The smallest absolute Gasteiger partial charge is 0.168 e. The maximum Gasteiger partial charge on any atom is 0.168 e. The van der Waals surface area contributed by atoms with E-state index in [0.29, 0.717) is 37.2 Å². The highest BCUT2D eigenvalue weighted by Gasteiger charge is 2.31. The van der Waals surface area contributed by atoms with Gasteiger partial charge in [0.2, 0.25) is 0 Å². The zero-order valence-corrected chi connectivity index (χ0v) is 13.0. The van der Waals surface area contributed by atoms with Gasteiger partial charge in [-0.25, -0.2) is 0 Å². The summed E-state index contributed by atoms with van der Waals surface area (Å²) in [7, 11) is 0. The number of aliphatic hydroxyl groups excluding tert-OH is 1. The van der Waals surface area contributed by atoms with E-state index in [-0.39, 0.29) is 22.9 Å². The maximum atomic E-state index is 12.4. The Balaban J connectivity index is 0.00000242. The topological polar surface area (TPSA) is 90.4 Å². The van der Waals surface area contributed by atoms with Crippen molar-refractivity contribution in [1.29, 1.82) is 0 Å². The van der Waals surface area contributed by atoms with Gasteiger partial charge >= 0.3 is 0 Å². The number of aliphatic hydroxyl groups is 1. The Morgan fingerprint density at radius 1 is 1.27 bits per heavy atom. The van der Waals surface area contributed by atoms with Crippen LogP contribution in [0.2, 0.25) is 0 Å². The third-order valence-corrected chi connectivity index (χ3v) is 3.64. The number of allylic oxidation sites excluding steroid dienone is 2. The molecule has 1 atom stereocenters. The van der Waals surface area contributed by atoms with Crippen LogP contribution in [0.15, 0.2) is 46.8 Å². The summed E-state index contributed by atoms with van der Waals surface area (Å²) in [5, 5.41) is 14.3. The normalized spacial score (nSPS) is 18.9.